The van der Waals surface area contributed by atoms with Crippen LogP contribution in [0.1, 0.15) is 30.5 Å². The van der Waals surface area contributed by atoms with Gasteiger partial charge in [0.15, 0.2) is 0 Å². The van der Waals surface area contributed by atoms with Gasteiger partial charge >= 0.3 is 5.97 Å². The Bertz CT molecular complexity index is 1020. The summed E-state index contributed by atoms with van der Waals surface area (Å²) < 4.78 is 10.4. The molecule has 2 aromatic rings. The summed E-state index contributed by atoms with van der Waals surface area (Å²) in [6.45, 7) is 7.78. The molecule has 0 radical (unpaired) electrons. The average Bonchev–Trinajstić information content (AvgIpc) is 2.95. The number of carbonyl (C=O) groups excluding carboxylic acids is 2. The lowest BCUT2D eigenvalue weighted by Gasteiger charge is -2.19. The number of carbonyl (C=O) groups is 2. The van der Waals surface area contributed by atoms with Crippen molar-refractivity contribution < 1.29 is 19.1 Å². The molecular weight excluding hydrogens is 366 g/mol. The third-order valence-electron chi connectivity index (χ3n) is 5.06. The summed E-state index contributed by atoms with van der Waals surface area (Å²) in [4.78, 5) is 27.6. The van der Waals surface area contributed by atoms with Gasteiger partial charge in [-0.25, -0.2) is 4.79 Å². The van der Waals surface area contributed by atoms with Crippen LogP contribution < -0.4 is 9.64 Å². The summed E-state index contributed by atoms with van der Waals surface area (Å²) in [7, 11) is 1.60. The van der Waals surface area contributed by atoms with Crippen molar-refractivity contribution in [1.82, 2.24) is 0 Å². The molecule has 5 nitrogen and oxygen atoms in total. The van der Waals surface area contributed by atoms with Gasteiger partial charge in [-0.2, -0.15) is 0 Å². The summed E-state index contributed by atoms with van der Waals surface area (Å²) in [5, 5.41) is 0. The molecule has 3 rings (SSSR count). The lowest BCUT2D eigenvalue weighted by atomic mass is 10.0. The number of amides is 1. The molecule has 2 aromatic carbocycles. The summed E-state index contributed by atoms with van der Waals surface area (Å²) in [6, 6.07) is 13.1. The third kappa shape index (κ3) is 3.94. The summed E-state index contributed by atoms with van der Waals surface area (Å²) in [5.74, 6) is -0.0203. The maximum Gasteiger partial charge on any atom is 0.340 e. The van der Waals surface area contributed by atoms with Gasteiger partial charge < -0.3 is 9.47 Å². The molecule has 1 aliphatic rings. The second-order valence-corrected chi connectivity index (χ2v) is 6.92. The van der Waals surface area contributed by atoms with Crippen LogP contribution >= 0.6 is 0 Å². The number of allylic oxidation sites excluding steroid dienone is 1. The number of methoxy groups -OCH3 is 1. The molecule has 1 aliphatic heterocycles. The maximum absolute atomic E-state index is 13.3. The largest absolute Gasteiger partial charge is 0.497 e. The lowest BCUT2D eigenvalue weighted by molar-refractivity contribution is -0.138. The van der Waals surface area contributed by atoms with Crippen molar-refractivity contribution >= 4 is 23.6 Å². The van der Waals surface area contributed by atoms with E-state index in [1.54, 1.807) is 31.9 Å². The predicted octanol–water partition coefficient (Wildman–Crippen LogP) is 4.58. The van der Waals surface area contributed by atoms with E-state index in [-0.39, 0.29) is 12.5 Å². The summed E-state index contributed by atoms with van der Waals surface area (Å²) in [6.07, 6.45) is 1.72. The van der Waals surface area contributed by atoms with Gasteiger partial charge in [0, 0.05) is 11.4 Å². The molecule has 29 heavy (non-hydrogen) atoms. The molecule has 5 heteroatoms. The number of nitrogens with zero attached hydrogens (tertiary/aromatic N) is 1. The van der Waals surface area contributed by atoms with Crippen LogP contribution in [0.5, 0.6) is 5.75 Å². The van der Waals surface area contributed by atoms with Gasteiger partial charge in [-0.1, -0.05) is 18.2 Å². The molecule has 0 saturated heterocycles. The molecule has 0 aliphatic carbocycles. The number of esters is 1. The zero-order chi connectivity index (χ0) is 21.1. The van der Waals surface area contributed by atoms with Crippen molar-refractivity contribution in [2.75, 3.05) is 18.6 Å². The van der Waals surface area contributed by atoms with Gasteiger partial charge in [0.25, 0.3) is 5.91 Å². The first-order valence-corrected chi connectivity index (χ1v) is 9.53. The molecular formula is C24H25NO4. The molecule has 0 spiro atoms. The van der Waals surface area contributed by atoms with E-state index in [9.17, 15) is 9.59 Å². The van der Waals surface area contributed by atoms with Gasteiger partial charge in [0.1, 0.15) is 5.75 Å². The highest BCUT2D eigenvalue weighted by Gasteiger charge is 2.38. The van der Waals surface area contributed by atoms with E-state index in [4.69, 9.17) is 9.47 Å². The van der Waals surface area contributed by atoms with Gasteiger partial charge in [0.2, 0.25) is 0 Å². The fourth-order valence-corrected chi connectivity index (χ4v) is 3.32. The van der Waals surface area contributed by atoms with Crippen LogP contribution in [0.4, 0.5) is 5.69 Å². The van der Waals surface area contributed by atoms with E-state index in [0.717, 1.165) is 28.1 Å². The van der Waals surface area contributed by atoms with Crippen molar-refractivity contribution in [3.63, 3.8) is 0 Å². The molecule has 0 N–H and O–H groups in total. The third-order valence-corrected chi connectivity index (χ3v) is 5.06. The van der Waals surface area contributed by atoms with Crippen LogP contribution in [0.25, 0.3) is 6.08 Å². The Balaban J connectivity index is 2.11. The summed E-state index contributed by atoms with van der Waals surface area (Å²) >= 11 is 0. The molecule has 0 saturated carbocycles. The van der Waals surface area contributed by atoms with Crippen LogP contribution in [-0.4, -0.2) is 25.6 Å². The highest BCUT2D eigenvalue weighted by molar-refractivity contribution is 6.23. The van der Waals surface area contributed by atoms with E-state index >= 15 is 0 Å². The van der Waals surface area contributed by atoms with E-state index in [0.29, 0.717) is 16.8 Å². The van der Waals surface area contributed by atoms with Crippen LogP contribution in [0.15, 0.2) is 59.3 Å². The highest BCUT2D eigenvalue weighted by Crippen LogP contribution is 2.36. The smallest absolute Gasteiger partial charge is 0.340 e. The first kappa shape index (κ1) is 20.4. The first-order chi connectivity index (χ1) is 13.9. The second-order valence-electron chi connectivity index (χ2n) is 6.92. The second kappa shape index (κ2) is 8.35. The van der Waals surface area contributed by atoms with Crippen LogP contribution in [-0.2, 0) is 14.3 Å². The quantitative estimate of drug-likeness (QED) is 0.553. The minimum atomic E-state index is -0.496. The minimum absolute atomic E-state index is 0.239. The van der Waals surface area contributed by atoms with Crippen molar-refractivity contribution in [3.8, 4) is 5.75 Å². The van der Waals surface area contributed by atoms with Gasteiger partial charge in [-0.05, 0) is 74.7 Å². The van der Waals surface area contributed by atoms with E-state index in [2.05, 4.69) is 0 Å². The Morgan fingerprint density at radius 3 is 2.31 bits per heavy atom. The van der Waals surface area contributed by atoms with Gasteiger partial charge in [0.05, 0.1) is 24.9 Å². The Kier molecular flexibility index (Phi) is 5.87. The van der Waals surface area contributed by atoms with Gasteiger partial charge in [-0.15, -0.1) is 0 Å². The maximum atomic E-state index is 13.3. The molecule has 0 atom stereocenters. The number of hydrogen-bond donors (Lipinski definition) is 0. The number of aryl methyl sites for hydroxylation is 2. The standard InChI is InChI=1S/C24H25NO4/c1-6-29-24(27)22-17(4)25(19-10-7-15(2)16(3)13-19)23(26)21(22)14-18-8-11-20(28-5)12-9-18/h7-14H,6H2,1-5H3. The lowest BCUT2D eigenvalue weighted by Crippen LogP contribution is -2.24. The van der Waals surface area contributed by atoms with Crippen molar-refractivity contribution in [2.45, 2.75) is 27.7 Å². The minimum Gasteiger partial charge on any atom is -0.497 e. The molecule has 1 heterocycles. The Hall–Kier alpha value is -3.34. The number of rotatable bonds is 5. The van der Waals surface area contributed by atoms with Crippen LogP contribution in [0, 0.1) is 13.8 Å². The average molecular weight is 391 g/mol. The Labute approximate surface area is 171 Å². The first-order valence-electron chi connectivity index (χ1n) is 9.53. The highest BCUT2D eigenvalue weighted by atomic mass is 16.5. The fraction of sp³-hybridized carbons (Fsp3) is 0.250. The SMILES string of the molecule is CCOC(=O)C1=C(C)N(c2ccc(C)c(C)c2)C(=O)C1=Cc1ccc(OC)cc1. The van der Waals surface area contributed by atoms with Crippen molar-refractivity contribution in [1.29, 1.82) is 0 Å². The van der Waals surface area contributed by atoms with Crippen LogP contribution in [0.2, 0.25) is 0 Å². The zero-order valence-electron chi connectivity index (χ0n) is 17.4. The molecule has 150 valence electrons. The predicted molar refractivity (Wildman–Crippen MR) is 114 cm³/mol. The monoisotopic (exact) mass is 391 g/mol. The zero-order valence-corrected chi connectivity index (χ0v) is 17.4. The Morgan fingerprint density at radius 2 is 1.72 bits per heavy atom. The van der Waals surface area contributed by atoms with Gasteiger partial charge in [-0.3, -0.25) is 9.69 Å². The van der Waals surface area contributed by atoms with Crippen molar-refractivity contribution in [2.24, 2.45) is 0 Å². The number of ether oxygens (including phenoxy) is 2. The molecule has 0 fully saturated rings. The Morgan fingerprint density at radius 1 is 1.03 bits per heavy atom. The van der Waals surface area contributed by atoms with E-state index in [1.165, 1.54) is 0 Å². The number of benzene rings is 2. The van der Waals surface area contributed by atoms with Crippen LogP contribution in [0.3, 0.4) is 0 Å². The summed E-state index contributed by atoms with van der Waals surface area (Å²) in [5.41, 5.74) is 4.93. The topological polar surface area (TPSA) is 55.8 Å². The number of hydrogen-bond acceptors (Lipinski definition) is 4. The number of anilines is 1. The fourth-order valence-electron chi connectivity index (χ4n) is 3.32. The van der Waals surface area contributed by atoms with Crippen molar-refractivity contribution in [3.05, 3.63) is 76.0 Å². The molecule has 1 amide bonds. The van der Waals surface area contributed by atoms with E-state index in [1.807, 2.05) is 56.3 Å². The molecule has 0 bridgehead atoms. The van der Waals surface area contributed by atoms with E-state index < -0.39 is 5.97 Å². The molecule has 0 aromatic heterocycles. The molecule has 0 unspecified atom stereocenters. The normalized spacial score (nSPS) is 15.3.